The molecule has 3 atom stereocenters. The molecule has 0 saturated heterocycles. The van der Waals surface area contributed by atoms with Gasteiger partial charge in [-0.1, -0.05) is 13.0 Å². The largest absolute Gasteiger partial charge is 0.496 e. The zero-order valence-electron chi connectivity index (χ0n) is 12.1. The number of carboxylic acid groups (broad SMARTS) is 1. The van der Waals surface area contributed by atoms with Crippen molar-refractivity contribution in [2.24, 2.45) is 17.8 Å². The number of rotatable bonds is 5. The molecule has 0 amide bonds. The Bertz CT molecular complexity index is 493. The zero-order chi connectivity index (χ0) is 14.2. The second-order valence-electron chi connectivity index (χ2n) is 5.70. The summed E-state index contributed by atoms with van der Waals surface area (Å²) in [5, 5.41) is 8.99. The molecular formula is C16H22O3. The summed E-state index contributed by atoms with van der Waals surface area (Å²) >= 11 is 0. The molecule has 0 spiro atoms. The minimum Gasteiger partial charge on any atom is -0.496 e. The molecule has 1 aliphatic rings. The molecule has 1 saturated carbocycles. The lowest BCUT2D eigenvalue weighted by atomic mass is 9.91. The van der Waals surface area contributed by atoms with E-state index in [1.165, 1.54) is 16.7 Å². The molecule has 1 aliphatic carbocycles. The van der Waals surface area contributed by atoms with E-state index in [0.29, 0.717) is 11.8 Å². The van der Waals surface area contributed by atoms with Crippen molar-refractivity contribution in [3.8, 4) is 5.75 Å². The normalized spacial score (nSPS) is 22.9. The van der Waals surface area contributed by atoms with Gasteiger partial charge < -0.3 is 9.84 Å². The van der Waals surface area contributed by atoms with E-state index in [9.17, 15) is 4.79 Å². The highest BCUT2D eigenvalue weighted by Gasteiger charge is 2.46. The zero-order valence-corrected chi connectivity index (χ0v) is 12.1. The van der Waals surface area contributed by atoms with Gasteiger partial charge >= 0.3 is 5.97 Å². The van der Waals surface area contributed by atoms with Crippen LogP contribution in [0.2, 0.25) is 0 Å². The quantitative estimate of drug-likeness (QED) is 0.886. The van der Waals surface area contributed by atoms with E-state index in [4.69, 9.17) is 9.84 Å². The number of carboxylic acids is 1. The highest BCUT2D eigenvalue weighted by atomic mass is 16.5. The number of methoxy groups -OCH3 is 1. The van der Waals surface area contributed by atoms with Gasteiger partial charge in [-0.25, -0.2) is 0 Å². The van der Waals surface area contributed by atoms with E-state index in [1.807, 2.05) is 6.07 Å². The Labute approximate surface area is 114 Å². The first kappa shape index (κ1) is 13.9. The molecule has 1 fully saturated rings. The Hall–Kier alpha value is -1.51. The van der Waals surface area contributed by atoms with Gasteiger partial charge in [-0.3, -0.25) is 4.79 Å². The minimum atomic E-state index is -0.639. The molecule has 3 heteroatoms. The van der Waals surface area contributed by atoms with Crippen LogP contribution in [0.5, 0.6) is 5.75 Å². The third kappa shape index (κ3) is 2.75. The summed E-state index contributed by atoms with van der Waals surface area (Å²) in [5.74, 6) is 0.935. The molecule has 19 heavy (non-hydrogen) atoms. The van der Waals surface area contributed by atoms with Crippen LogP contribution in [0, 0.1) is 31.6 Å². The molecule has 3 nitrogen and oxygen atoms in total. The lowest BCUT2D eigenvalue weighted by Crippen LogP contribution is -2.09. The SMILES string of the molecule is COc1ccc(CC(C)C2CC2C(=O)O)c(C)c1C. The van der Waals surface area contributed by atoms with Crippen LogP contribution in [-0.2, 0) is 11.2 Å². The molecule has 0 aromatic heterocycles. The average molecular weight is 262 g/mol. The Kier molecular flexibility index (Phi) is 3.83. The molecule has 0 aliphatic heterocycles. The van der Waals surface area contributed by atoms with Gasteiger partial charge in [-0.2, -0.15) is 0 Å². The molecule has 3 unspecified atom stereocenters. The van der Waals surface area contributed by atoms with Crippen molar-refractivity contribution in [2.75, 3.05) is 7.11 Å². The van der Waals surface area contributed by atoms with E-state index in [-0.39, 0.29) is 5.92 Å². The highest BCUT2D eigenvalue weighted by molar-refractivity contribution is 5.73. The van der Waals surface area contributed by atoms with Crippen molar-refractivity contribution in [3.05, 3.63) is 28.8 Å². The van der Waals surface area contributed by atoms with Crippen molar-refractivity contribution < 1.29 is 14.6 Å². The maximum Gasteiger partial charge on any atom is 0.306 e. The fourth-order valence-corrected chi connectivity index (χ4v) is 2.92. The van der Waals surface area contributed by atoms with E-state index in [2.05, 4.69) is 26.8 Å². The molecule has 104 valence electrons. The lowest BCUT2D eigenvalue weighted by molar-refractivity contribution is -0.139. The summed E-state index contributed by atoms with van der Waals surface area (Å²) in [4.78, 5) is 10.9. The Morgan fingerprint density at radius 1 is 1.42 bits per heavy atom. The number of aliphatic carboxylic acids is 1. The molecule has 1 aromatic carbocycles. The third-order valence-corrected chi connectivity index (χ3v) is 4.50. The van der Waals surface area contributed by atoms with E-state index in [0.717, 1.165) is 18.6 Å². The molecule has 1 N–H and O–H groups in total. The molecular weight excluding hydrogens is 240 g/mol. The third-order valence-electron chi connectivity index (χ3n) is 4.50. The van der Waals surface area contributed by atoms with Gasteiger partial charge in [-0.05, 0) is 61.3 Å². The minimum absolute atomic E-state index is 0.116. The van der Waals surface area contributed by atoms with Gasteiger partial charge in [0.2, 0.25) is 0 Å². The molecule has 0 bridgehead atoms. The van der Waals surface area contributed by atoms with Gasteiger partial charge in [0, 0.05) is 0 Å². The van der Waals surface area contributed by atoms with Gasteiger partial charge in [0.1, 0.15) is 5.75 Å². The average Bonchev–Trinajstić information content (AvgIpc) is 3.15. The maximum absolute atomic E-state index is 10.9. The first-order valence-corrected chi connectivity index (χ1v) is 6.81. The summed E-state index contributed by atoms with van der Waals surface area (Å²) in [7, 11) is 1.69. The number of carbonyl (C=O) groups is 1. The lowest BCUT2D eigenvalue weighted by Gasteiger charge is -2.16. The van der Waals surface area contributed by atoms with E-state index < -0.39 is 5.97 Å². The van der Waals surface area contributed by atoms with Crippen molar-refractivity contribution in [1.29, 1.82) is 0 Å². The van der Waals surface area contributed by atoms with Crippen molar-refractivity contribution in [3.63, 3.8) is 0 Å². The van der Waals surface area contributed by atoms with Crippen LogP contribution in [0.4, 0.5) is 0 Å². The first-order valence-electron chi connectivity index (χ1n) is 6.81. The molecule has 0 radical (unpaired) electrons. The van der Waals surface area contributed by atoms with Gasteiger partial charge in [0.05, 0.1) is 13.0 Å². The van der Waals surface area contributed by atoms with Crippen LogP contribution in [0.3, 0.4) is 0 Å². The van der Waals surface area contributed by atoms with E-state index >= 15 is 0 Å². The van der Waals surface area contributed by atoms with Crippen molar-refractivity contribution in [1.82, 2.24) is 0 Å². The van der Waals surface area contributed by atoms with Gasteiger partial charge in [-0.15, -0.1) is 0 Å². The van der Waals surface area contributed by atoms with Crippen LogP contribution in [-0.4, -0.2) is 18.2 Å². The van der Waals surface area contributed by atoms with Crippen LogP contribution in [0.15, 0.2) is 12.1 Å². The standard InChI is InChI=1S/C16H22O3/c1-9(13-8-14(13)16(17)18)7-12-5-6-15(19-4)11(3)10(12)2/h5-6,9,13-14H,7-8H2,1-4H3,(H,17,18). The van der Waals surface area contributed by atoms with Gasteiger partial charge in [0.15, 0.2) is 0 Å². The second kappa shape index (κ2) is 5.24. The van der Waals surface area contributed by atoms with Crippen LogP contribution in [0.25, 0.3) is 0 Å². The molecule has 0 heterocycles. The predicted octanol–water partition coefficient (Wildman–Crippen LogP) is 3.21. The summed E-state index contributed by atoms with van der Waals surface area (Å²) in [6.45, 7) is 6.34. The summed E-state index contributed by atoms with van der Waals surface area (Å²) in [6.07, 6.45) is 1.79. The van der Waals surface area contributed by atoms with Crippen molar-refractivity contribution >= 4 is 5.97 Å². The number of hydrogen-bond acceptors (Lipinski definition) is 2. The predicted molar refractivity (Wildman–Crippen MR) is 74.6 cm³/mol. The van der Waals surface area contributed by atoms with Crippen LogP contribution < -0.4 is 4.74 Å². The number of benzene rings is 1. The topological polar surface area (TPSA) is 46.5 Å². The Morgan fingerprint density at radius 3 is 2.63 bits per heavy atom. The molecule has 2 rings (SSSR count). The maximum atomic E-state index is 10.9. The number of hydrogen-bond donors (Lipinski definition) is 1. The highest BCUT2D eigenvalue weighted by Crippen LogP contribution is 2.45. The van der Waals surface area contributed by atoms with Crippen LogP contribution >= 0.6 is 0 Å². The first-order chi connectivity index (χ1) is 8.95. The smallest absolute Gasteiger partial charge is 0.306 e. The van der Waals surface area contributed by atoms with Gasteiger partial charge in [0.25, 0.3) is 0 Å². The summed E-state index contributed by atoms with van der Waals surface area (Å²) < 4.78 is 5.32. The fraction of sp³-hybridized carbons (Fsp3) is 0.562. The number of ether oxygens (including phenoxy) is 1. The summed E-state index contributed by atoms with van der Waals surface area (Å²) in [6, 6.07) is 4.11. The fourth-order valence-electron chi connectivity index (χ4n) is 2.92. The summed E-state index contributed by atoms with van der Waals surface area (Å²) in [5.41, 5.74) is 3.75. The van der Waals surface area contributed by atoms with Crippen molar-refractivity contribution in [2.45, 2.75) is 33.6 Å². The molecule has 1 aromatic rings. The van der Waals surface area contributed by atoms with Crippen LogP contribution in [0.1, 0.15) is 30.0 Å². The van der Waals surface area contributed by atoms with E-state index in [1.54, 1.807) is 7.11 Å². The Balaban J connectivity index is 2.08. The monoisotopic (exact) mass is 262 g/mol. The Morgan fingerprint density at radius 2 is 2.11 bits per heavy atom. The second-order valence-corrected chi connectivity index (χ2v) is 5.70.